The first-order valence-corrected chi connectivity index (χ1v) is 17.7. The first-order chi connectivity index (χ1) is 21.6. The molecule has 0 rings (SSSR count). The molecular formula is C33H56NO10P. The van der Waals surface area contributed by atoms with Crippen LogP contribution in [0.3, 0.4) is 0 Å². The number of carboxylic acids is 1. The lowest BCUT2D eigenvalue weighted by Gasteiger charge is -2.18. The third-order valence-corrected chi connectivity index (χ3v) is 7.32. The van der Waals surface area contributed by atoms with Crippen molar-refractivity contribution in [1.29, 1.82) is 0 Å². The number of aliphatic hydroxyl groups is 1. The second-order valence-corrected chi connectivity index (χ2v) is 12.1. The molecule has 0 aromatic carbocycles. The summed E-state index contributed by atoms with van der Waals surface area (Å²) in [4.78, 5) is 44.9. The fraction of sp³-hybridized carbons (Fsp3) is 0.667. The zero-order chi connectivity index (χ0) is 33.6. The summed E-state index contributed by atoms with van der Waals surface area (Å²) in [6.07, 6.45) is 28.6. The van der Waals surface area contributed by atoms with Crippen LogP contribution in [0.5, 0.6) is 0 Å². The second kappa shape index (κ2) is 28.9. The third-order valence-electron chi connectivity index (χ3n) is 6.37. The summed E-state index contributed by atoms with van der Waals surface area (Å²) < 4.78 is 26.2. The lowest BCUT2D eigenvalue weighted by Crippen LogP contribution is -2.43. The molecule has 0 saturated carbocycles. The molecule has 12 heteroatoms. The van der Waals surface area contributed by atoms with Crippen LogP contribution >= 0.6 is 7.82 Å². The highest BCUT2D eigenvalue weighted by Crippen LogP contribution is 2.43. The number of unbranched alkanes of at least 4 members (excludes halogenated alkanes) is 7. The number of hydrogen-bond donors (Lipinski definition) is 4. The Bertz CT molecular complexity index is 963. The number of hydrogen-bond acceptors (Lipinski definition) is 8. The molecule has 0 aliphatic heterocycles. The molecule has 0 saturated heterocycles. The van der Waals surface area contributed by atoms with E-state index in [-0.39, 0.29) is 12.8 Å². The Labute approximate surface area is 269 Å². The molecule has 0 heterocycles. The van der Waals surface area contributed by atoms with Crippen LogP contribution in [0.15, 0.2) is 48.6 Å². The minimum atomic E-state index is -4.74. The number of nitrogens with one attached hydrogen (secondary N) is 1. The maximum Gasteiger partial charge on any atom is 0.472 e. The highest BCUT2D eigenvalue weighted by molar-refractivity contribution is 7.47. The summed E-state index contributed by atoms with van der Waals surface area (Å²) in [5.74, 6) is -2.47. The predicted molar refractivity (Wildman–Crippen MR) is 175 cm³/mol. The normalized spacial score (nSPS) is 14.8. The van der Waals surface area contributed by atoms with Crippen LogP contribution in [0.2, 0.25) is 0 Å². The number of aliphatic hydroxyl groups excluding tert-OH is 1. The smallest absolute Gasteiger partial charge is 0.472 e. The fourth-order valence-corrected chi connectivity index (χ4v) is 4.52. The van der Waals surface area contributed by atoms with Crippen LogP contribution in [0, 0.1) is 0 Å². The van der Waals surface area contributed by atoms with Gasteiger partial charge >= 0.3 is 19.8 Å². The number of ether oxygens (including phenoxy) is 1. The van der Waals surface area contributed by atoms with Crippen LogP contribution in [0.25, 0.3) is 0 Å². The molecule has 0 spiro atoms. The van der Waals surface area contributed by atoms with Crippen molar-refractivity contribution in [1.82, 2.24) is 5.32 Å². The summed E-state index contributed by atoms with van der Waals surface area (Å²) in [5.41, 5.74) is 0. The Morgan fingerprint density at radius 3 is 1.80 bits per heavy atom. The van der Waals surface area contributed by atoms with Gasteiger partial charge in [0.1, 0.15) is 12.7 Å². The number of phosphoric acid groups is 1. The van der Waals surface area contributed by atoms with E-state index in [0.717, 1.165) is 44.9 Å². The van der Waals surface area contributed by atoms with Gasteiger partial charge in [0, 0.05) is 12.8 Å². The van der Waals surface area contributed by atoms with E-state index in [0.29, 0.717) is 12.8 Å². The largest absolute Gasteiger partial charge is 0.480 e. The van der Waals surface area contributed by atoms with E-state index in [1.54, 1.807) is 0 Å². The number of carbonyl (C=O) groups excluding carboxylic acids is 2. The average Bonchev–Trinajstić information content (AvgIpc) is 3.01. The number of amides is 1. The molecule has 0 bridgehead atoms. The molecule has 0 fully saturated rings. The molecule has 1 amide bonds. The lowest BCUT2D eigenvalue weighted by atomic mass is 10.1. The van der Waals surface area contributed by atoms with Gasteiger partial charge in [-0.3, -0.25) is 18.6 Å². The number of carboxylic acid groups (broad SMARTS) is 1. The van der Waals surface area contributed by atoms with Crippen LogP contribution in [0.4, 0.5) is 0 Å². The highest BCUT2D eigenvalue weighted by atomic mass is 31.2. The lowest BCUT2D eigenvalue weighted by molar-refractivity contribution is -0.147. The number of aliphatic carboxylic acids is 1. The van der Waals surface area contributed by atoms with E-state index < -0.39 is 57.6 Å². The SMILES string of the molecule is CCCCC/C=C\C/C=C\C/C=C\C/C=C\CCCCCC(=O)NC(COP(=O)(O)OCC(O)COC(=O)CCCC)C(=O)O. The predicted octanol–water partition coefficient (Wildman–Crippen LogP) is 6.71. The molecular weight excluding hydrogens is 601 g/mol. The summed E-state index contributed by atoms with van der Waals surface area (Å²) >= 11 is 0. The van der Waals surface area contributed by atoms with E-state index in [4.69, 9.17) is 4.74 Å². The van der Waals surface area contributed by atoms with E-state index in [2.05, 4.69) is 69.9 Å². The summed E-state index contributed by atoms with van der Waals surface area (Å²) in [6, 6.07) is -1.56. The van der Waals surface area contributed by atoms with E-state index in [9.17, 15) is 34.1 Å². The maximum atomic E-state index is 12.2. The second-order valence-electron chi connectivity index (χ2n) is 10.6. The van der Waals surface area contributed by atoms with Gasteiger partial charge in [-0.2, -0.15) is 0 Å². The molecule has 3 unspecified atom stereocenters. The van der Waals surface area contributed by atoms with Gasteiger partial charge < -0.3 is 25.2 Å². The minimum absolute atomic E-state index is 0.106. The van der Waals surface area contributed by atoms with Gasteiger partial charge in [-0.25, -0.2) is 9.36 Å². The first-order valence-electron chi connectivity index (χ1n) is 16.2. The quantitative estimate of drug-likeness (QED) is 0.0294. The molecule has 0 radical (unpaired) electrons. The molecule has 11 nitrogen and oxygen atoms in total. The molecule has 45 heavy (non-hydrogen) atoms. The number of phosphoric ester groups is 1. The summed E-state index contributed by atoms with van der Waals surface area (Å²) in [6.45, 7) is 2.19. The van der Waals surface area contributed by atoms with Crippen molar-refractivity contribution in [3.05, 3.63) is 48.6 Å². The Kier molecular flexibility index (Phi) is 27.2. The topological polar surface area (TPSA) is 169 Å². The average molecular weight is 658 g/mol. The molecule has 258 valence electrons. The Morgan fingerprint density at radius 2 is 1.24 bits per heavy atom. The highest BCUT2D eigenvalue weighted by Gasteiger charge is 2.28. The molecule has 0 aliphatic rings. The minimum Gasteiger partial charge on any atom is -0.480 e. The Balaban J connectivity index is 4.05. The Hall–Kier alpha value is -2.56. The molecule has 3 atom stereocenters. The maximum absolute atomic E-state index is 12.2. The van der Waals surface area contributed by atoms with Crippen LogP contribution in [-0.4, -0.2) is 64.9 Å². The molecule has 0 aromatic heterocycles. The molecule has 0 aliphatic carbocycles. The van der Waals surface area contributed by atoms with E-state index in [1.165, 1.54) is 25.7 Å². The van der Waals surface area contributed by atoms with Crippen molar-refractivity contribution in [2.75, 3.05) is 19.8 Å². The van der Waals surface area contributed by atoms with E-state index >= 15 is 0 Å². The van der Waals surface area contributed by atoms with Gasteiger partial charge in [-0.1, -0.05) is 88.1 Å². The Morgan fingerprint density at radius 1 is 0.711 bits per heavy atom. The van der Waals surface area contributed by atoms with Crippen molar-refractivity contribution >= 4 is 25.7 Å². The molecule has 0 aromatic rings. The summed E-state index contributed by atoms with van der Waals surface area (Å²) in [7, 11) is -4.74. The van der Waals surface area contributed by atoms with Gasteiger partial charge in [-0.15, -0.1) is 0 Å². The van der Waals surface area contributed by atoms with Gasteiger partial charge in [-0.05, 0) is 57.8 Å². The first kappa shape index (κ1) is 42.4. The van der Waals surface area contributed by atoms with Gasteiger partial charge in [0.25, 0.3) is 0 Å². The monoisotopic (exact) mass is 657 g/mol. The van der Waals surface area contributed by atoms with Gasteiger partial charge in [0.05, 0.1) is 13.2 Å². The fourth-order valence-electron chi connectivity index (χ4n) is 3.74. The summed E-state index contributed by atoms with van der Waals surface area (Å²) in [5, 5.41) is 21.4. The van der Waals surface area contributed by atoms with Crippen molar-refractivity contribution in [3.63, 3.8) is 0 Å². The van der Waals surface area contributed by atoms with Crippen LogP contribution < -0.4 is 5.32 Å². The standard InChI is InChI=1S/C33H56NO10P/c1-3-5-7-8-9-10-11-12-13-14-15-16-17-18-19-20-21-22-23-24-31(36)34-30(33(38)39)28-44-45(40,41)43-27-29(35)26-42-32(37)25-6-4-2/h9-10,12-13,15-16,18-19,29-30,35H,3-8,11,14,17,20-28H2,1-2H3,(H,34,36)(H,38,39)(H,40,41)/b10-9-,13-12-,16-15-,19-18-. The third kappa shape index (κ3) is 28.6. The van der Waals surface area contributed by atoms with Crippen molar-refractivity contribution in [3.8, 4) is 0 Å². The number of carbonyl (C=O) groups is 3. The number of allylic oxidation sites excluding steroid dienone is 8. The van der Waals surface area contributed by atoms with E-state index in [1.807, 2.05) is 6.92 Å². The zero-order valence-corrected chi connectivity index (χ0v) is 28.0. The van der Waals surface area contributed by atoms with Crippen molar-refractivity contribution in [2.24, 2.45) is 0 Å². The van der Waals surface area contributed by atoms with Gasteiger partial charge in [0.15, 0.2) is 6.04 Å². The van der Waals surface area contributed by atoms with Crippen LogP contribution in [-0.2, 0) is 32.7 Å². The number of esters is 1. The van der Waals surface area contributed by atoms with Gasteiger partial charge in [0.2, 0.25) is 5.91 Å². The van der Waals surface area contributed by atoms with Crippen molar-refractivity contribution < 1.29 is 47.8 Å². The van der Waals surface area contributed by atoms with Crippen molar-refractivity contribution in [2.45, 2.75) is 122 Å². The molecule has 4 N–H and O–H groups in total. The number of rotatable bonds is 29. The zero-order valence-electron chi connectivity index (χ0n) is 27.1. The van der Waals surface area contributed by atoms with Crippen LogP contribution in [0.1, 0.15) is 110 Å².